The van der Waals surface area contributed by atoms with Gasteiger partial charge in [0.1, 0.15) is 12.4 Å². The van der Waals surface area contributed by atoms with Crippen LogP contribution in [0.25, 0.3) is 0 Å². The number of nitrogens with one attached hydrogen (secondary N) is 1. The molecule has 2 amide bonds. The lowest BCUT2D eigenvalue weighted by atomic mass is 10.1. The molecule has 1 aliphatic heterocycles. The van der Waals surface area contributed by atoms with E-state index in [-0.39, 0.29) is 24.1 Å². The number of carbonyl (C=O) groups excluding carboxylic acids is 2. The van der Waals surface area contributed by atoms with Gasteiger partial charge in [0.15, 0.2) is 5.76 Å². The molecule has 0 bridgehead atoms. The zero-order valence-electron chi connectivity index (χ0n) is 11.7. The number of piperidine rings is 1. The molecule has 1 saturated heterocycles. The summed E-state index contributed by atoms with van der Waals surface area (Å²) in [6, 6.07) is 3.26. The predicted molar refractivity (Wildman–Crippen MR) is 72.2 cm³/mol. The molecule has 6 nitrogen and oxygen atoms in total. The lowest BCUT2D eigenvalue weighted by Gasteiger charge is -2.26. The van der Waals surface area contributed by atoms with E-state index in [2.05, 4.69) is 5.32 Å². The highest BCUT2D eigenvalue weighted by Crippen LogP contribution is 2.10. The van der Waals surface area contributed by atoms with Gasteiger partial charge < -0.3 is 19.4 Å². The lowest BCUT2D eigenvalue weighted by Crippen LogP contribution is -2.42. The van der Waals surface area contributed by atoms with Crippen LogP contribution in [0, 0.1) is 0 Å². The molecule has 1 aromatic rings. The van der Waals surface area contributed by atoms with Crippen molar-refractivity contribution in [1.29, 1.82) is 0 Å². The van der Waals surface area contributed by atoms with Crippen molar-refractivity contribution >= 4 is 11.8 Å². The molecular formula is C14H20N2O4. The first-order valence-corrected chi connectivity index (χ1v) is 6.84. The van der Waals surface area contributed by atoms with Gasteiger partial charge in [-0.3, -0.25) is 9.59 Å². The third-order valence-corrected chi connectivity index (χ3v) is 3.28. The Kier molecular flexibility index (Phi) is 5.17. The number of amides is 2. The monoisotopic (exact) mass is 280 g/mol. The highest BCUT2D eigenvalue weighted by molar-refractivity contribution is 5.94. The summed E-state index contributed by atoms with van der Waals surface area (Å²) >= 11 is 0. The number of hydrogen-bond donors (Lipinski definition) is 1. The summed E-state index contributed by atoms with van der Waals surface area (Å²) in [5, 5.41) is 2.59. The highest BCUT2D eigenvalue weighted by Gasteiger charge is 2.18. The first-order chi connectivity index (χ1) is 9.70. The molecule has 2 rings (SSSR count). The second-order valence-corrected chi connectivity index (χ2v) is 4.82. The van der Waals surface area contributed by atoms with E-state index in [1.165, 1.54) is 6.42 Å². The number of nitrogens with zero attached hydrogens (tertiary/aromatic N) is 1. The Morgan fingerprint density at radius 1 is 1.30 bits per heavy atom. The number of rotatable bonds is 5. The Morgan fingerprint density at radius 3 is 2.75 bits per heavy atom. The Bertz CT molecular complexity index is 463. The summed E-state index contributed by atoms with van der Waals surface area (Å²) in [7, 11) is 1.56. The fourth-order valence-corrected chi connectivity index (χ4v) is 2.22. The van der Waals surface area contributed by atoms with E-state index in [9.17, 15) is 9.59 Å². The van der Waals surface area contributed by atoms with Crippen LogP contribution < -0.4 is 5.32 Å². The summed E-state index contributed by atoms with van der Waals surface area (Å²) in [5.74, 6) is 0.364. The van der Waals surface area contributed by atoms with E-state index >= 15 is 0 Å². The van der Waals surface area contributed by atoms with Gasteiger partial charge in [-0.2, -0.15) is 0 Å². The van der Waals surface area contributed by atoms with Gasteiger partial charge >= 0.3 is 0 Å². The van der Waals surface area contributed by atoms with Crippen molar-refractivity contribution in [1.82, 2.24) is 10.2 Å². The minimum atomic E-state index is -0.377. The van der Waals surface area contributed by atoms with Gasteiger partial charge in [-0.25, -0.2) is 0 Å². The molecule has 0 aromatic carbocycles. The van der Waals surface area contributed by atoms with Crippen LogP contribution in [0.15, 0.2) is 16.5 Å². The molecule has 0 spiro atoms. The number of methoxy groups -OCH3 is 1. The summed E-state index contributed by atoms with van der Waals surface area (Å²) < 4.78 is 10.2. The average molecular weight is 280 g/mol. The third kappa shape index (κ3) is 3.84. The maximum atomic E-state index is 11.9. The Labute approximate surface area is 118 Å². The molecule has 2 heterocycles. The second kappa shape index (κ2) is 7.09. The van der Waals surface area contributed by atoms with Crippen molar-refractivity contribution in [3.05, 3.63) is 23.7 Å². The summed E-state index contributed by atoms with van der Waals surface area (Å²) in [4.78, 5) is 25.5. The molecule has 1 N–H and O–H groups in total. The zero-order valence-corrected chi connectivity index (χ0v) is 11.7. The van der Waals surface area contributed by atoms with E-state index in [1.807, 2.05) is 0 Å². The molecule has 0 aliphatic carbocycles. The number of hydrogen-bond acceptors (Lipinski definition) is 4. The van der Waals surface area contributed by atoms with Crippen LogP contribution in [0.3, 0.4) is 0 Å². The summed E-state index contributed by atoms with van der Waals surface area (Å²) in [6.45, 7) is 1.90. The van der Waals surface area contributed by atoms with E-state index in [0.29, 0.717) is 12.4 Å². The van der Waals surface area contributed by atoms with Crippen LogP contribution >= 0.6 is 0 Å². The molecule has 1 fully saturated rings. The maximum Gasteiger partial charge on any atom is 0.287 e. The Hall–Kier alpha value is -1.82. The highest BCUT2D eigenvalue weighted by atomic mass is 16.5. The lowest BCUT2D eigenvalue weighted by molar-refractivity contribution is -0.130. The molecule has 0 unspecified atom stereocenters. The van der Waals surface area contributed by atoms with Gasteiger partial charge in [0.2, 0.25) is 5.91 Å². The Morgan fingerprint density at radius 2 is 2.05 bits per heavy atom. The van der Waals surface area contributed by atoms with Gasteiger partial charge in [0.05, 0.1) is 6.54 Å². The molecule has 6 heteroatoms. The van der Waals surface area contributed by atoms with Gasteiger partial charge in [0.25, 0.3) is 5.91 Å². The molecule has 1 aliphatic rings. The van der Waals surface area contributed by atoms with Crippen molar-refractivity contribution in [3.8, 4) is 0 Å². The predicted octanol–water partition coefficient (Wildman–Crippen LogP) is 1.17. The second-order valence-electron chi connectivity index (χ2n) is 4.82. The van der Waals surface area contributed by atoms with Crippen molar-refractivity contribution in [3.63, 3.8) is 0 Å². The standard InChI is InChI=1S/C14H20N2O4/c1-19-10-11-5-6-12(20-11)14(18)15-9-13(17)16-7-3-2-4-8-16/h5-6H,2-4,7-10H2,1H3,(H,15,18). The first-order valence-electron chi connectivity index (χ1n) is 6.84. The Balaban J connectivity index is 1.80. The molecule has 1 aromatic heterocycles. The minimum absolute atomic E-state index is 0.0130. The van der Waals surface area contributed by atoms with Crippen LogP contribution in [0.2, 0.25) is 0 Å². The molecule has 0 radical (unpaired) electrons. The largest absolute Gasteiger partial charge is 0.453 e. The summed E-state index contributed by atoms with van der Waals surface area (Å²) in [5.41, 5.74) is 0. The SMILES string of the molecule is COCc1ccc(C(=O)NCC(=O)N2CCCCC2)o1. The van der Waals surface area contributed by atoms with Crippen LogP contribution in [-0.2, 0) is 16.1 Å². The molecule has 0 saturated carbocycles. The smallest absolute Gasteiger partial charge is 0.287 e. The zero-order chi connectivity index (χ0) is 14.4. The third-order valence-electron chi connectivity index (χ3n) is 3.28. The van der Waals surface area contributed by atoms with Gasteiger partial charge in [0, 0.05) is 20.2 Å². The number of carbonyl (C=O) groups is 2. The van der Waals surface area contributed by atoms with Gasteiger partial charge in [-0.1, -0.05) is 0 Å². The molecule has 0 atom stereocenters. The van der Waals surface area contributed by atoms with Gasteiger partial charge in [-0.05, 0) is 31.4 Å². The number of ether oxygens (including phenoxy) is 1. The van der Waals surface area contributed by atoms with Crippen molar-refractivity contribution in [2.75, 3.05) is 26.7 Å². The van der Waals surface area contributed by atoms with Crippen LogP contribution in [0.4, 0.5) is 0 Å². The summed E-state index contributed by atoms with van der Waals surface area (Å²) in [6.07, 6.45) is 3.25. The van der Waals surface area contributed by atoms with E-state index in [0.717, 1.165) is 25.9 Å². The van der Waals surface area contributed by atoms with Crippen LogP contribution in [-0.4, -0.2) is 43.5 Å². The average Bonchev–Trinajstić information content (AvgIpc) is 2.94. The maximum absolute atomic E-state index is 11.9. The van der Waals surface area contributed by atoms with Crippen molar-refractivity contribution in [2.45, 2.75) is 25.9 Å². The topological polar surface area (TPSA) is 71.8 Å². The van der Waals surface area contributed by atoms with E-state index in [1.54, 1.807) is 24.1 Å². The van der Waals surface area contributed by atoms with E-state index in [4.69, 9.17) is 9.15 Å². The number of likely N-dealkylation sites (tertiary alicyclic amines) is 1. The van der Waals surface area contributed by atoms with Crippen molar-refractivity contribution in [2.24, 2.45) is 0 Å². The number of furan rings is 1. The fraction of sp³-hybridized carbons (Fsp3) is 0.571. The first kappa shape index (κ1) is 14.6. The fourth-order valence-electron chi connectivity index (χ4n) is 2.22. The molecule has 20 heavy (non-hydrogen) atoms. The van der Waals surface area contributed by atoms with Crippen LogP contribution in [0.1, 0.15) is 35.6 Å². The molecular weight excluding hydrogens is 260 g/mol. The van der Waals surface area contributed by atoms with Gasteiger partial charge in [-0.15, -0.1) is 0 Å². The normalized spacial score (nSPS) is 15.2. The van der Waals surface area contributed by atoms with Crippen LogP contribution in [0.5, 0.6) is 0 Å². The van der Waals surface area contributed by atoms with Crippen molar-refractivity contribution < 1.29 is 18.7 Å². The minimum Gasteiger partial charge on any atom is -0.453 e. The quantitative estimate of drug-likeness (QED) is 0.878. The molecule has 110 valence electrons. The van der Waals surface area contributed by atoms with E-state index < -0.39 is 0 Å².